The van der Waals surface area contributed by atoms with E-state index in [0.717, 1.165) is 12.0 Å². The lowest BCUT2D eigenvalue weighted by Crippen LogP contribution is -2.44. The summed E-state index contributed by atoms with van der Waals surface area (Å²) in [6.45, 7) is 2.93. The SMILES string of the molecule is OCC1(CN2CC3CCC2C3)CCCCC1. The molecule has 3 fully saturated rings. The highest BCUT2D eigenvalue weighted by molar-refractivity contribution is 4.96. The van der Waals surface area contributed by atoms with E-state index in [1.165, 1.54) is 64.5 Å². The van der Waals surface area contributed by atoms with Crippen LogP contribution in [0.1, 0.15) is 51.4 Å². The molecule has 92 valence electrons. The molecular formula is C14H25NO. The molecule has 2 nitrogen and oxygen atoms in total. The van der Waals surface area contributed by atoms with E-state index in [-0.39, 0.29) is 5.41 Å². The van der Waals surface area contributed by atoms with Crippen LogP contribution in [-0.2, 0) is 0 Å². The van der Waals surface area contributed by atoms with Crippen molar-refractivity contribution in [3.05, 3.63) is 0 Å². The van der Waals surface area contributed by atoms with Crippen LogP contribution in [0.4, 0.5) is 0 Å². The topological polar surface area (TPSA) is 23.5 Å². The molecule has 0 aromatic heterocycles. The fourth-order valence-corrected chi connectivity index (χ4v) is 4.32. The standard InChI is InChI=1S/C14H25NO/c16-11-14(6-2-1-3-7-14)10-15-9-12-4-5-13(15)8-12/h12-13,16H,1-11H2. The number of rotatable bonds is 3. The van der Waals surface area contributed by atoms with Crippen LogP contribution in [0, 0.1) is 11.3 Å². The zero-order valence-corrected chi connectivity index (χ0v) is 10.3. The molecule has 0 aromatic rings. The van der Waals surface area contributed by atoms with Crippen molar-refractivity contribution < 1.29 is 5.11 Å². The van der Waals surface area contributed by atoms with E-state index >= 15 is 0 Å². The van der Waals surface area contributed by atoms with E-state index in [1.54, 1.807) is 0 Å². The Morgan fingerprint density at radius 2 is 1.94 bits per heavy atom. The van der Waals surface area contributed by atoms with Gasteiger partial charge < -0.3 is 5.11 Å². The number of piperidine rings is 1. The van der Waals surface area contributed by atoms with Gasteiger partial charge in [0.05, 0.1) is 0 Å². The Morgan fingerprint density at radius 3 is 2.50 bits per heavy atom. The third-order valence-electron chi connectivity index (χ3n) is 5.31. The summed E-state index contributed by atoms with van der Waals surface area (Å²) >= 11 is 0. The molecule has 3 aliphatic rings. The van der Waals surface area contributed by atoms with Crippen LogP contribution in [0.25, 0.3) is 0 Å². The number of nitrogens with zero attached hydrogens (tertiary/aromatic N) is 1. The van der Waals surface area contributed by atoms with Crippen molar-refractivity contribution in [2.75, 3.05) is 19.7 Å². The van der Waals surface area contributed by atoms with Gasteiger partial charge in [-0.15, -0.1) is 0 Å². The van der Waals surface area contributed by atoms with E-state index in [0.29, 0.717) is 6.61 Å². The number of hydrogen-bond acceptors (Lipinski definition) is 2. The van der Waals surface area contributed by atoms with E-state index in [2.05, 4.69) is 4.90 Å². The third-order valence-corrected chi connectivity index (χ3v) is 5.31. The van der Waals surface area contributed by atoms with Gasteiger partial charge in [-0.3, -0.25) is 4.90 Å². The number of hydrogen-bond donors (Lipinski definition) is 1. The number of likely N-dealkylation sites (tertiary alicyclic amines) is 1. The van der Waals surface area contributed by atoms with Crippen LogP contribution in [0.15, 0.2) is 0 Å². The summed E-state index contributed by atoms with van der Waals surface area (Å²) in [5, 5.41) is 9.75. The normalized spacial score (nSPS) is 38.1. The van der Waals surface area contributed by atoms with E-state index in [9.17, 15) is 5.11 Å². The van der Waals surface area contributed by atoms with Gasteiger partial charge in [-0.2, -0.15) is 0 Å². The molecule has 2 atom stereocenters. The number of fused-ring (bicyclic) bond motifs is 2. The largest absolute Gasteiger partial charge is 0.396 e. The fraction of sp³-hybridized carbons (Fsp3) is 1.00. The van der Waals surface area contributed by atoms with Gasteiger partial charge >= 0.3 is 0 Å². The summed E-state index contributed by atoms with van der Waals surface area (Å²) in [7, 11) is 0. The van der Waals surface area contributed by atoms with Gasteiger partial charge in [0.15, 0.2) is 0 Å². The molecule has 0 aromatic carbocycles. The maximum atomic E-state index is 9.75. The molecule has 0 amide bonds. The van der Waals surface area contributed by atoms with Gasteiger partial charge in [0.25, 0.3) is 0 Å². The smallest absolute Gasteiger partial charge is 0.0499 e. The highest BCUT2D eigenvalue weighted by Gasteiger charge is 2.42. The molecule has 2 bridgehead atoms. The molecule has 2 aliphatic carbocycles. The van der Waals surface area contributed by atoms with Gasteiger partial charge in [0.1, 0.15) is 0 Å². The van der Waals surface area contributed by atoms with Gasteiger partial charge in [0, 0.05) is 31.2 Å². The Labute approximate surface area is 99.0 Å². The first-order chi connectivity index (χ1) is 7.81. The van der Waals surface area contributed by atoms with Gasteiger partial charge in [-0.25, -0.2) is 0 Å². The van der Waals surface area contributed by atoms with Gasteiger partial charge in [0.2, 0.25) is 0 Å². The predicted molar refractivity (Wildman–Crippen MR) is 65.3 cm³/mol. The van der Waals surface area contributed by atoms with Crippen LogP contribution >= 0.6 is 0 Å². The Balaban J connectivity index is 1.63. The first-order valence-corrected chi connectivity index (χ1v) is 7.16. The second-order valence-electron chi connectivity index (χ2n) is 6.48. The van der Waals surface area contributed by atoms with Gasteiger partial charge in [-0.05, 0) is 38.0 Å². The fourth-order valence-electron chi connectivity index (χ4n) is 4.32. The molecule has 2 saturated carbocycles. The molecule has 1 heterocycles. The summed E-state index contributed by atoms with van der Waals surface area (Å²) < 4.78 is 0. The average Bonchev–Trinajstić information content (AvgIpc) is 2.92. The van der Waals surface area contributed by atoms with Crippen molar-refractivity contribution in [3.63, 3.8) is 0 Å². The van der Waals surface area contributed by atoms with Crippen molar-refractivity contribution in [2.45, 2.75) is 57.4 Å². The molecule has 0 spiro atoms. The van der Waals surface area contributed by atoms with Crippen LogP contribution in [0.5, 0.6) is 0 Å². The van der Waals surface area contributed by atoms with E-state index in [1.807, 2.05) is 0 Å². The summed E-state index contributed by atoms with van der Waals surface area (Å²) in [4.78, 5) is 2.70. The molecule has 2 unspecified atom stereocenters. The zero-order valence-electron chi connectivity index (χ0n) is 10.3. The number of aliphatic hydroxyl groups is 1. The summed E-state index contributed by atoms with van der Waals surface area (Å²) in [5.41, 5.74) is 0.267. The Kier molecular flexibility index (Phi) is 2.97. The molecule has 1 N–H and O–H groups in total. The van der Waals surface area contributed by atoms with Crippen LogP contribution in [-0.4, -0.2) is 35.7 Å². The van der Waals surface area contributed by atoms with Crippen LogP contribution < -0.4 is 0 Å². The highest BCUT2D eigenvalue weighted by Crippen LogP contribution is 2.42. The molecule has 2 heteroatoms. The lowest BCUT2D eigenvalue weighted by atomic mass is 9.74. The van der Waals surface area contributed by atoms with Crippen molar-refractivity contribution in [3.8, 4) is 0 Å². The van der Waals surface area contributed by atoms with Gasteiger partial charge in [-0.1, -0.05) is 19.3 Å². The lowest BCUT2D eigenvalue weighted by molar-refractivity contribution is 0.0300. The van der Waals surface area contributed by atoms with Crippen LogP contribution in [0.3, 0.4) is 0 Å². The van der Waals surface area contributed by atoms with Crippen molar-refractivity contribution in [1.29, 1.82) is 0 Å². The lowest BCUT2D eigenvalue weighted by Gasteiger charge is -2.41. The maximum Gasteiger partial charge on any atom is 0.0499 e. The van der Waals surface area contributed by atoms with E-state index < -0.39 is 0 Å². The monoisotopic (exact) mass is 223 g/mol. The Morgan fingerprint density at radius 1 is 1.12 bits per heavy atom. The highest BCUT2D eigenvalue weighted by atomic mass is 16.3. The third kappa shape index (κ3) is 1.91. The van der Waals surface area contributed by atoms with Crippen molar-refractivity contribution in [1.82, 2.24) is 4.90 Å². The Bertz CT molecular complexity index is 247. The molecule has 1 aliphatic heterocycles. The summed E-state index contributed by atoms with van der Waals surface area (Å²) in [6, 6.07) is 0.871. The quantitative estimate of drug-likeness (QED) is 0.794. The minimum atomic E-state index is 0.267. The first kappa shape index (κ1) is 11.0. The minimum absolute atomic E-state index is 0.267. The van der Waals surface area contributed by atoms with Crippen molar-refractivity contribution in [2.24, 2.45) is 11.3 Å². The summed E-state index contributed by atoms with van der Waals surface area (Å²) in [5.74, 6) is 0.990. The predicted octanol–water partition coefficient (Wildman–Crippen LogP) is 2.41. The summed E-state index contributed by atoms with van der Waals surface area (Å²) in [6.07, 6.45) is 10.9. The molecule has 0 radical (unpaired) electrons. The molecule has 16 heavy (non-hydrogen) atoms. The molecule has 3 rings (SSSR count). The Hall–Kier alpha value is -0.0800. The maximum absolute atomic E-state index is 9.75. The van der Waals surface area contributed by atoms with Crippen molar-refractivity contribution >= 4 is 0 Å². The minimum Gasteiger partial charge on any atom is -0.396 e. The van der Waals surface area contributed by atoms with E-state index in [4.69, 9.17) is 0 Å². The number of aliphatic hydroxyl groups excluding tert-OH is 1. The average molecular weight is 223 g/mol. The zero-order chi connectivity index (χ0) is 11.0. The van der Waals surface area contributed by atoms with Crippen LogP contribution in [0.2, 0.25) is 0 Å². The first-order valence-electron chi connectivity index (χ1n) is 7.16. The molecular weight excluding hydrogens is 198 g/mol. The molecule has 1 saturated heterocycles. The second kappa shape index (κ2) is 4.30. The second-order valence-corrected chi connectivity index (χ2v) is 6.48.